The molecular weight excluding hydrogens is 228 g/mol. The molecule has 3 nitrogen and oxygen atoms in total. The van der Waals surface area contributed by atoms with Crippen LogP contribution in [0.5, 0.6) is 0 Å². The number of hydrogen-bond acceptors (Lipinski definition) is 2. The molecular formula is C9H10ClF2NO2. The minimum Gasteiger partial charge on any atom is -0.480 e. The Hall–Kier alpha value is -1.20. The van der Waals surface area contributed by atoms with E-state index in [1.807, 2.05) is 0 Å². The number of aliphatic carboxylic acids is 1. The molecule has 0 spiro atoms. The van der Waals surface area contributed by atoms with E-state index in [2.05, 4.69) is 0 Å². The molecule has 1 rings (SSSR count). The first-order chi connectivity index (χ1) is 6.35. The Morgan fingerprint density at radius 3 is 2.40 bits per heavy atom. The summed E-state index contributed by atoms with van der Waals surface area (Å²) in [6.07, 6.45) is 0. The van der Waals surface area contributed by atoms with E-state index in [1.54, 1.807) is 0 Å². The van der Waals surface area contributed by atoms with Crippen LogP contribution >= 0.6 is 12.4 Å². The highest BCUT2D eigenvalue weighted by Gasteiger charge is 2.32. The highest BCUT2D eigenvalue weighted by Crippen LogP contribution is 2.21. The molecule has 0 heterocycles. The maximum Gasteiger partial charge on any atom is 0.328 e. The lowest BCUT2D eigenvalue weighted by atomic mass is 9.93. The minimum atomic E-state index is -1.85. The Labute approximate surface area is 91.3 Å². The molecule has 15 heavy (non-hydrogen) atoms. The lowest BCUT2D eigenvalue weighted by Crippen LogP contribution is -2.42. The van der Waals surface area contributed by atoms with Gasteiger partial charge in [-0.15, -0.1) is 12.4 Å². The smallest absolute Gasteiger partial charge is 0.328 e. The van der Waals surface area contributed by atoms with Crippen LogP contribution in [0.25, 0.3) is 0 Å². The van der Waals surface area contributed by atoms with Crippen LogP contribution in [0.2, 0.25) is 0 Å². The Morgan fingerprint density at radius 1 is 1.47 bits per heavy atom. The second kappa shape index (κ2) is 4.55. The fourth-order valence-electron chi connectivity index (χ4n) is 1.03. The van der Waals surface area contributed by atoms with Gasteiger partial charge in [-0.05, 0) is 13.0 Å². The molecule has 0 saturated heterocycles. The minimum absolute atomic E-state index is 0. The SMILES string of the molecule is CC(N)(C(=O)O)c1ccc(F)cc1F.Cl. The lowest BCUT2D eigenvalue weighted by molar-refractivity contribution is -0.143. The van der Waals surface area contributed by atoms with Gasteiger partial charge in [0.2, 0.25) is 0 Å². The third-order valence-corrected chi connectivity index (χ3v) is 1.93. The topological polar surface area (TPSA) is 63.3 Å². The van der Waals surface area contributed by atoms with Gasteiger partial charge in [-0.1, -0.05) is 6.07 Å². The van der Waals surface area contributed by atoms with Gasteiger partial charge in [0, 0.05) is 11.6 Å². The summed E-state index contributed by atoms with van der Waals surface area (Å²) in [5.74, 6) is -3.10. The third-order valence-electron chi connectivity index (χ3n) is 1.93. The second-order valence-corrected chi connectivity index (χ2v) is 3.13. The molecule has 1 aromatic carbocycles. The van der Waals surface area contributed by atoms with Crippen LogP contribution < -0.4 is 5.73 Å². The van der Waals surface area contributed by atoms with E-state index < -0.39 is 23.1 Å². The predicted molar refractivity (Wildman–Crippen MR) is 52.8 cm³/mol. The molecule has 1 unspecified atom stereocenters. The van der Waals surface area contributed by atoms with Crippen molar-refractivity contribution in [2.24, 2.45) is 5.73 Å². The fraction of sp³-hybridized carbons (Fsp3) is 0.222. The zero-order valence-corrected chi connectivity index (χ0v) is 8.65. The number of carboxylic acids is 1. The van der Waals surface area contributed by atoms with Crippen molar-refractivity contribution in [2.75, 3.05) is 0 Å². The van der Waals surface area contributed by atoms with Gasteiger partial charge in [-0.3, -0.25) is 0 Å². The van der Waals surface area contributed by atoms with Gasteiger partial charge in [0.1, 0.15) is 17.2 Å². The van der Waals surface area contributed by atoms with Gasteiger partial charge >= 0.3 is 5.97 Å². The monoisotopic (exact) mass is 237 g/mol. The van der Waals surface area contributed by atoms with Crippen LogP contribution in [0.3, 0.4) is 0 Å². The van der Waals surface area contributed by atoms with Crippen molar-refractivity contribution >= 4 is 18.4 Å². The molecule has 0 aliphatic rings. The predicted octanol–water partition coefficient (Wildman–Crippen LogP) is 1.65. The Bertz CT molecular complexity index is 382. The van der Waals surface area contributed by atoms with Crippen LogP contribution in [0.1, 0.15) is 12.5 Å². The number of rotatable bonds is 2. The number of carboxylic acid groups (broad SMARTS) is 1. The third kappa shape index (κ3) is 2.64. The van der Waals surface area contributed by atoms with Crippen molar-refractivity contribution < 1.29 is 18.7 Å². The standard InChI is InChI=1S/C9H9F2NO2.ClH/c1-9(12,8(13)14)6-3-2-5(10)4-7(6)11;/h2-4H,12H2,1H3,(H,13,14);1H. The van der Waals surface area contributed by atoms with E-state index >= 15 is 0 Å². The Balaban J connectivity index is 0.00000196. The van der Waals surface area contributed by atoms with Gasteiger partial charge in [0.05, 0.1) is 0 Å². The molecule has 0 saturated carbocycles. The average Bonchev–Trinajstić information content (AvgIpc) is 2.02. The first-order valence-corrected chi connectivity index (χ1v) is 3.83. The summed E-state index contributed by atoms with van der Waals surface area (Å²) >= 11 is 0. The van der Waals surface area contributed by atoms with Crippen molar-refractivity contribution in [3.8, 4) is 0 Å². The molecule has 0 bridgehead atoms. The summed E-state index contributed by atoms with van der Waals surface area (Å²) in [5.41, 5.74) is 3.28. The van der Waals surface area contributed by atoms with E-state index in [0.717, 1.165) is 19.1 Å². The quantitative estimate of drug-likeness (QED) is 0.822. The van der Waals surface area contributed by atoms with Crippen molar-refractivity contribution in [2.45, 2.75) is 12.5 Å². The molecule has 1 aromatic rings. The number of halogens is 3. The molecule has 0 amide bonds. The van der Waals surface area contributed by atoms with Crippen LogP contribution in [0.15, 0.2) is 18.2 Å². The van der Waals surface area contributed by atoms with Gasteiger partial charge in [-0.2, -0.15) is 0 Å². The molecule has 1 atom stereocenters. The summed E-state index contributed by atoms with van der Waals surface area (Å²) in [6, 6.07) is 2.59. The Kier molecular flexibility index (Phi) is 4.18. The first-order valence-electron chi connectivity index (χ1n) is 3.83. The number of benzene rings is 1. The summed E-state index contributed by atoms with van der Waals surface area (Å²) in [4.78, 5) is 10.7. The van der Waals surface area contributed by atoms with E-state index in [1.165, 1.54) is 0 Å². The van der Waals surface area contributed by atoms with Gasteiger partial charge in [-0.25, -0.2) is 13.6 Å². The lowest BCUT2D eigenvalue weighted by Gasteiger charge is -2.19. The largest absolute Gasteiger partial charge is 0.480 e. The highest BCUT2D eigenvalue weighted by atomic mass is 35.5. The summed E-state index contributed by atoms with van der Waals surface area (Å²) in [7, 11) is 0. The zero-order valence-electron chi connectivity index (χ0n) is 7.83. The molecule has 6 heteroatoms. The van der Waals surface area contributed by atoms with Gasteiger partial charge in [0.15, 0.2) is 0 Å². The number of carbonyl (C=O) groups is 1. The highest BCUT2D eigenvalue weighted by molar-refractivity contribution is 5.85. The number of nitrogens with two attached hydrogens (primary N) is 1. The van der Waals surface area contributed by atoms with Gasteiger partial charge < -0.3 is 10.8 Å². The molecule has 0 aliphatic carbocycles. The normalized spacial score (nSPS) is 13.9. The fourth-order valence-corrected chi connectivity index (χ4v) is 1.03. The maximum atomic E-state index is 13.1. The Morgan fingerprint density at radius 2 is 2.00 bits per heavy atom. The molecule has 84 valence electrons. The summed E-state index contributed by atoms with van der Waals surface area (Å²) in [6.45, 7) is 1.14. The zero-order chi connectivity index (χ0) is 10.9. The first kappa shape index (κ1) is 13.8. The van der Waals surface area contributed by atoms with Crippen molar-refractivity contribution in [3.63, 3.8) is 0 Å². The molecule has 3 N–H and O–H groups in total. The average molecular weight is 238 g/mol. The van der Waals surface area contributed by atoms with E-state index in [9.17, 15) is 13.6 Å². The molecule has 0 aliphatic heterocycles. The van der Waals surface area contributed by atoms with Crippen LogP contribution in [-0.2, 0) is 10.3 Å². The second-order valence-electron chi connectivity index (χ2n) is 3.13. The van der Waals surface area contributed by atoms with Crippen molar-refractivity contribution in [1.29, 1.82) is 0 Å². The molecule has 0 aromatic heterocycles. The van der Waals surface area contributed by atoms with E-state index in [4.69, 9.17) is 10.8 Å². The summed E-state index contributed by atoms with van der Waals surface area (Å²) in [5, 5.41) is 8.70. The number of hydrogen-bond donors (Lipinski definition) is 2. The van der Waals surface area contributed by atoms with E-state index in [0.29, 0.717) is 6.07 Å². The van der Waals surface area contributed by atoms with Crippen LogP contribution in [0.4, 0.5) is 8.78 Å². The van der Waals surface area contributed by atoms with Crippen LogP contribution in [0, 0.1) is 11.6 Å². The van der Waals surface area contributed by atoms with Crippen molar-refractivity contribution in [3.05, 3.63) is 35.4 Å². The maximum absolute atomic E-state index is 13.1. The van der Waals surface area contributed by atoms with E-state index in [-0.39, 0.29) is 18.0 Å². The van der Waals surface area contributed by atoms with Crippen LogP contribution in [-0.4, -0.2) is 11.1 Å². The molecule has 0 fully saturated rings. The summed E-state index contributed by atoms with van der Waals surface area (Å²) < 4.78 is 25.6. The van der Waals surface area contributed by atoms with Crippen molar-refractivity contribution in [1.82, 2.24) is 0 Å². The molecule has 0 radical (unpaired) electrons. The van der Waals surface area contributed by atoms with Gasteiger partial charge in [0.25, 0.3) is 0 Å².